The maximum Gasteiger partial charge on any atom is 0.441 e. The van der Waals surface area contributed by atoms with E-state index >= 15 is 0 Å². The third-order valence-corrected chi connectivity index (χ3v) is 2.25. The van der Waals surface area contributed by atoms with E-state index in [4.69, 9.17) is 4.74 Å². The SMILES string of the molecule is COc1cnc(NCCSC(F)(F)F)nc1. The Morgan fingerprint density at radius 3 is 2.50 bits per heavy atom. The topological polar surface area (TPSA) is 47.0 Å². The highest BCUT2D eigenvalue weighted by Crippen LogP contribution is 2.29. The molecule has 8 heteroatoms. The number of methoxy groups -OCH3 is 1. The minimum Gasteiger partial charge on any atom is -0.494 e. The van der Waals surface area contributed by atoms with E-state index in [-0.39, 0.29) is 30.0 Å². The van der Waals surface area contributed by atoms with Crippen molar-refractivity contribution < 1.29 is 17.9 Å². The predicted molar refractivity (Wildman–Crippen MR) is 55.6 cm³/mol. The maximum absolute atomic E-state index is 11.8. The fourth-order valence-corrected chi connectivity index (χ4v) is 1.28. The quantitative estimate of drug-likeness (QED) is 0.815. The van der Waals surface area contributed by atoms with Gasteiger partial charge in [-0.25, -0.2) is 9.97 Å². The van der Waals surface area contributed by atoms with Crippen LogP contribution in [0.1, 0.15) is 0 Å². The molecule has 0 saturated heterocycles. The Balaban J connectivity index is 2.27. The molecule has 0 atom stereocenters. The molecule has 1 rings (SSSR count). The number of halogens is 3. The minimum atomic E-state index is -4.19. The fraction of sp³-hybridized carbons (Fsp3) is 0.500. The van der Waals surface area contributed by atoms with E-state index in [1.165, 1.54) is 19.5 Å². The first-order valence-electron chi connectivity index (χ1n) is 4.32. The van der Waals surface area contributed by atoms with Crippen molar-refractivity contribution in [2.45, 2.75) is 5.51 Å². The summed E-state index contributed by atoms with van der Waals surface area (Å²) >= 11 is -0.0823. The second kappa shape index (κ2) is 5.78. The number of nitrogens with one attached hydrogen (secondary N) is 1. The van der Waals surface area contributed by atoms with E-state index in [0.717, 1.165) is 0 Å². The van der Waals surface area contributed by atoms with Crippen LogP contribution in [0.25, 0.3) is 0 Å². The van der Waals surface area contributed by atoms with Crippen LogP contribution in [0.5, 0.6) is 5.75 Å². The molecular weight excluding hydrogens is 243 g/mol. The van der Waals surface area contributed by atoms with Crippen LogP contribution in [0.4, 0.5) is 19.1 Å². The van der Waals surface area contributed by atoms with Crippen LogP contribution in [0.2, 0.25) is 0 Å². The molecule has 0 aliphatic rings. The number of alkyl halides is 3. The maximum atomic E-state index is 11.8. The first-order chi connectivity index (χ1) is 7.51. The smallest absolute Gasteiger partial charge is 0.441 e. The normalized spacial score (nSPS) is 11.2. The summed E-state index contributed by atoms with van der Waals surface area (Å²) in [6.07, 6.45) is 2.87. The number of nitrogens with zero attached hydrogens (tertiary/aromatic N) is 2. The Bertz CT molecular complexity index is 317. The molecule has 0 unspecified atom stereocenters. The summed E-state index contributed by atoms with van der Waals surface area (Å²) < 4.78 is 40.1. The highest BCUT2D eigenvalue weighted by atomic mass is 32.2. The van der Waals surface area contributed by atoms with Gasteiger partial charge in [0, 0.05) is 12.3 Å². The summed E-state index contributed by atoms with van der Waals surface area (Å²) in [6.45, 7) is 0.149. The number of hydrogen-bond donors (Lipinski definition) is 1. The highest BCUT2D eigenvalue weighted by molar-refractivity contribution is 8.00. The van der Waals surface area contributed by atoms with Gasteiger partial charge < -0.3 is 10.1 Å². The van der Waals surface area contributed by atoms with E-state index < -0.39 is 5.51 Å². The van der Waals surface area contributed by atoms with Crippen LogP contribution in [0, 0.1) is 0 Å². The van der Waals surface area contributed by atoms with Gasteiger partial charge in [0.05, 0.1) is 19.5 Å². The molecule has 16 heavy (non-hydrogen) atoms. The molecular formula is C8H10F3N3OS. The third kappa shape index (κ3) is 5.06. The monoisotopic (exact) mass is 253 g/mol. The van der Waals surface area contributed by atoms with Crippen molar-refractivity contribution >= 4 is 17.7 Å². The van der Waals surface area contributed by atoms with Gasteiger partial charge in [0.1, 0.15) is 0 Å². The van der Waals surface area contributed by atoms with Crippen molar-refractivity contribution in [2.75, 3.05) is 24.7 Å². The number of aromatic nitrogens is 2. The molecule has 1 N–H and O–H groups in total. The molecule has 0 aromatic carbocycles. The molecule has 0 bridgehead atoms. The van der Waals surface area contributed by atoms with Crippen LogP contribution in [-0.2, 0) is 0 Å². The second-order valence-electron chi connectivity index (χ2n) is 2.67. The number of ether oxygens (including phenoxy) is 1. The lowest BCUT2D eigenvalue weighted by atomic mass is 10.6. The molecule has 0 spiro atoms. The molecule has 0 saturated carbocycles. The molecule has 1 aromatic rings. The van der Waals surface area contributed by atoms with Crippen LogP contribution >= 0.6 is 11.8 Å². The molecule has 0 radical (unpaired) electrons. The van der Waals surface area contributed by atoms with Gasteiger partial charge in [-0.3, -0.25) is 0 Å². The molecule has 1 aromatic heterocycles. The van der Waals surface area contributed by atoms with Crippen molar-refractivity contribution in [3.8, 4) is 5.75 Å². The van der Waals surface area contributed by atoms with E-state index in [1.54, 1.807) is 0 Å². The molecule has 1 heterocycles. The highest BCUT2D eigenvalue weighted by Gasteiger charge is 2.27. The second-order valence-corrected chi connectivity index (χ2v) is 3.83. The Hall–Kier alpha value is -1.18. The average molecular weight is 253 g/mol. The predicted octanol–water partition coefficient (Wildman–Crippen LogP) is 2.15. The summed E-state index contributed by atoms with van der Waals surface area (Å²) in [5.41, 5.74) is -4.19. The average Bonchev–Trinajstić information content (AvgIpc) is 2.24. The van der Waals surface area contributed by atoms with Crippen LogP contribution in [-0.4, -0.2) is 34.9 Å². The summed E-state index contributed by atoms with van der Waals surface area (Å²) in [7, 11) is 1.48. The molecule has 0 amide bonds. The molecule has 4 nitrogen and oxygen atoms in total. The number of rotatable bonds is 5. The van der Waals surface area contributed by atoms with Gasteiger partial charge in [0.25, 0.3) is 0 Å². The van der Waals surface area contributed by atoms with E-state index in [0.29, 0.717) is 5.75 Å². The van der Waals surface area contributed by atoms with Crippen molar-refractivity contribution in [1.29, 1.82) is 0 Å². The van der Waals surface area contributed by atoms with Gasteiger partial charge in [0.15, 0.2) is 5.75 Å². The Morgan fingerprint density at radius 2 is 2.00 bits per heavy atom. The first-order valence-corrected chi connectivity index (χ1v) is 5.30. The number of anilines is 1. The number of hydrogen-bond acceptors (Lipinski definition) is 5. The Kier molecular flexibility index (Phi) is 4.66. The van der Waals surface area contributed by atoms with Crippen LogP contribution in [0.15, 0.2) is 12.4 Å². The van der Waals surface area contributed by atoms with Gasteiger partial charge in [-0.2, -0.15) is 13.2 Å². The van der Waals surface area contributed by atoms with Crippen molar-refractivity contribution in [1.82, 2.24) is 9.97 Å². The summed E-state index contributed by atoms with van der Waals surface area (Å²) in [5.74, 6) is 0.692. The van der Waals surface area contributed by atoms with Crippen LogP contribution in [0.3, 0.4) is 0 Å². The lowest BCUT2D eigenvalue weighted by molar-refractivity contribution is -0.0327. The fourth-order valence-electron chi connectivity index (χ4n) is 0.842. The summed E-state index contributed by atoms with van der Waals surface area (Å²) in [5, 5.41) is 2.67. The van der Waals surface area contributed by atoms with Crippen molar-refractivity contribution in [3.63, 3.8) is 0 Å². The first kappa shape index (κ1) is 12.9. The van der Waals surface area contributed by atoms with E-state index in [9.17, 15) is 13.2 Å². The minimum absolute atomic E-state index is 0.0823. The molecule has 0 aliphatic carbocycles. The van der Waals surface area contributed by atoms with Gasteiger partial charge in [-0.1, -0.05) is 0 Å². The van der Waals surface area contributed by atoms with Crippen molar-refractivity contribution in [3.05, 3.63) is 12.4 Å². The largest absolute Gasteiger partial charge is 0.494 e. The van der Waals surface area contributed by atoms with Gasteiger partial charge in [0.2, 0.25) is 5.95 Å². The molecule has 0 aliphatic heterocycles. The Labute approximate surface area is 94.6 Å². The Morgan fingerprint density at radius 1 is 1.38 bits per heavy atom. The lowest BCUT2D eigenvalue weighted by Gasteiger charge is -2.06. The summed E-state index contributed by atoms with van der Waals surface area (Å²) in [6, 6.07) is 0. The third-order valence-electron chi connectivity index (χ3n) is 1.51. The standard InChI is InChI=1S/C8H10F3N3OS/c1-15-6-4-13-7(14-5-6)12-2-3-16-8(9,10)11/h4-5H,2-3H2,1H3,(H,12,13,14). The zero-order chi connectivity index (χ0) is 12.0. The zero-order valence-electron chi connectivity index (χ0n) is 8.41. The van der Waals surface area contributed by atoms with Gasteiger partial charge >= 0.3 is 5.51 Å². The summed E-state index contributed by atoms with van der Waals surface area (Å²) in [4.78, 5) is 7.69. The lowest BCUT2D eigenvalue weighted by Crippen LogP contribution is -2.11. The zero-order valence-corrected chi connectivity index (χ0v) is 9.23. The number of thioether (sulfide) groups is 1. The van der Waals surface area contributed by atoms with Gasteiger partial charge in [-0.15, -0.1) is 0 Å². The van der Waals surface area contributed by atoms with E-state index in [2.05, 4.69) is 15.3 Å². The molecule has 0 fully saturated rings. The van der Waals surface area contributed by atoms with E-state index in [1.807, 2.05) is 0 Å². The van der Waals surface area contributed by atoms with Crippen LogP contribution < -0.4 is 10.1 Å². The van der Waals surface area contributed by atoms with Gasteiger partial charge in [-0.05, 0) is 11.8 Å². The van der Waals surface area contributed by atoms with Crippen molar-refractivity contribution in [2.24, 2.45) is 0 Å². The molecule has 90 valence electrons.